The summed E-state index contributed by atoms with van der Waals surface area (Å²) < 4.78 is 10.5. The van der Waals surface area contributed by atoms with Crippen LogP contribution in [0.25, 0.3) is 0 Å². The lowest BCUT2D eigenvalue weighted by atomic mass is 10.1. The van der Waals surface area contributed by atoms with E-state index < -0.39 is 0 Å². The van der Waals surface area contributed by atoms with E-state index in [-0.39, 0.29) is 0 Å². The zero-order valence-electron chi connectivity index (χ0n) is 8.83. The molecule has 1 aromatic rings. The Morgan fingerprint density at radius 1 is 1.14 bits per heavy atom. The SMILES string of the molecule is COc1cc(CCS)cc(OC)c1C. The summed E-state index contributed by atoms with van der Waals surface area (Å²) in [7, 11) is 3.35. The van der Waals surface area contributed by atoms with Crippen LogP contribution >= 0.6 is 12.6 Å². The predicted octanol–water partition coefficient (Wildman–Crippen LogP) is 2.48. The zero-order valence-corrected chi connectivity index (χ0v) is 9.73. The molecule has 0 amide bonds. The minimum absolute atomic E-state index is 0.829. The number of benzene rings is 1. The minimum atomic E-state index is 0.829. The molecule has 0 heterocycles. The lowest BCUT2D eigenvalue weighted by molar-refractivity contribution is 0.388. The maximum absolute atomic E-state index is 5.27. The molecule has 1 rings (SSSR count). The highest BCUT2D eigenvalue weighted by molar-refractivity contribution is 7.80. The highest BCUT2D eigenvalue weighted by atomic mass is 32.1. The van der Waals surface area contributed by atoms with Crippen molar-refractivity contribution in [2.45, 2.75) is 13.3 Å². The molecule has 0 aliphatic carbocycles. The third kappa shape index (κ3) is 2.35. The van der Waals surface area contributed by atoms with Gasteiger partial charge in [0.15, 0.2) is 0 Å². The fourth-order valence-corrected chi connectivity index (χ4v) is 1.67. The quantitative estimate of drug-likeness (QED) is 0.773. The molecule has 0 atom stereocenters. The molecule has 2 nitrogen and oxygen atoms in total. The molecule has 0 aromatic heterocycles. The van der Waals surface area contributed by atoms with Gasteiger partial charge in [-0.3, -0.25) is 0 Å². The molecule has 0 aliphatic heterocycles. The van der Waals surface area contributed by atoms with Gasteiger partial charge in [0.05, 0.1) is 14.2 Å². The molecule has 0 fully saturated rings. The molecular formula is C11H16O2S. The Hall–Kier alpha value is -0.830. The molecule has 3 heteroatoms. The van der Waals surface area contributed by atoms with Crippen LogP contribution in [0.3, 0.4) is 0 Å². The first kappa shape index (κ1) is 11.2. The van der Waals surface area contributed by atoms with Crippen LogP contribution in [0.1, 0.15) is 11.1 Å². The van der Waals surface area contributed by atoms with Crippen molar-refractivity contribution < 1.29 is 9.47 Å². The van der Waals surface area contributed by atoms with E-state index in [1.54, 1.807) is 14.2 Å². The fraction of sp³-hybridized carbons (Fsp3) is 0.455. The van der Waals surface area contributed by atoms with Gasteiger partial charge >= 0.3 is 0 Å². The van der Waals surface area contributed by atoms with Crippen molar-refractivity contribution in [2.75, 3.05) is 20.0 Å². The maximum Gasteiger partial charge on any atom is 0.125 e. The zero-order chi connectivity index (χ0) is 10.6. The van der Waals surface area contributed by atoms with Gasteiger partial charge in [-0.1, -0.05) is 0 Å². The van der Waals surface area contributed by atoms with Crippen LogP contribution in [-0.4, -0.2) is 20.0 Å². The van der Waals surface area contributed by atoms with Crippen LogP contribution in [0, 0.1) is 6.92 Å². The van der Waals surface area contributed by atoms with Gasteiger partial charge in [0.2, 0.25) is 0 Å². The normalized spacial score (nSPS) is 10.0. The molecule has 0 unspecified atom stereocenters. The lowest BCUT2D eigenvalue weighted by Gasteiger charge is -2.11. The summed E-state index contributed by atoms with van der Waals surface area (Å²) in [6.07, 6.45) is 0.927. The number of rotatable bonds is 4. The molecule has 0 N–H and O–H groups in total. The van der Waals surface area contributed by atoms with E-state index in [2.05, 4.69) is 12.6 Å². The molecule has 0 saturated heterocycles. The van der Waals surface area contributed by atoms with E-state index in [1.807, 2.05) is 19.1 Å². The molecule has 14 heavy (non-hydrogen) atoms. The Bertz CT molecular complexity index is 285. The average molecular weight is 212 g/mol. The van der Waals surface area contributed by atoms with E-state index in [9.17, 15) is 0 Å². The van der Waals surface area contributed by atoms with E-state index >= 15 is 0 Å². The van der Waals surface area contributed by atoms with E-state index in [0.717, 1.165) is 29.2 Å². The fourth-order valence-electron chi connectivity index (χ4n) is 1.41. The van der Waals surface area contributed by atoms with E-state index in [4.69, 9.17) is 9.47 Å². The maximum atomic E-state index is 5.27. The minimum Gasteiger partial charge on any atom is -0.496 e. The predicted molar refractivity (Wildman–Crippen MR) is 61.8 cm³/mol. The number of hydrogen-bond donors (Lipinski definition) is 1. The summed E-state index contributed by atoms with van der Waals surface area (Å²) in [4.78, 5) is 0. The average Bonchev–Trinajstić information content (AvgIpc) is 2.20. The van der Waals surface area contributed by atoms with Crippen LogP contribution < -0.4 is 9.47 Å². The summed E-state index contributed by atoms with van der Waals surface area (Å²) in [5.74, 6) is 2.58. The summed E-state index contributed by atoms with van der Waals surface area (Å²) in [5.41, 5.74) is 2.23. The smallest absolute Gasteiger partial charge is 0.125 e. The van der Waals surface area contributed by atoms with Crippen LogP contribution in [-0.2, 0) is 6.42 Å². The highest BCUT2D eigenvalue weighted by Crippen LogP contribution is 2.29. The van der Waals surface area contributed by atoms with E-state index in [0.29, 0.717) is 0 Å². The largest absolute Gasteiger partial charge is 0.496 e. The molecule has 0 bridgehead atoms. The number of aryl methyl sites for hydroxylation is 1. The monoisotopic (exact) mass is 212 g/mol. The van der Waals surface area contributed by atoms with Gasteiger partial charge in [-0.25, -0.2) is 0 Å². The third-order valence-corrected chi connectivity index (χ3v) is 2.44. The molecular weight excluding hydrogens is 196 g/mol. The second-order valence-electron chi connectivity index (χ2n) is 3.10. The number of hydrogen-bond acceptors (Lipinski definition) is 3. The Morgan fingerprint density at radius 2 is 1.64 bits per heavy atom. The molecule has 0 radical (unpaired) electrons. The Labute approximate surface area is 90.6 Å². The van der Waals surface area contributed by atoms with Gasteiger partial charge in [-0.15, -0.1) is 0 Å². The highest BCUT2D eigenvalue weighted by Gasteiger charge is 2.07. The van der Waals surface area contributed by atoms with Gasteiger partial charge < -0.3 is 9.47 Å². The van der Waals surface area contributed by atoms with E-state index in [1.165, 1.54) is 5.56 Å². The first-order chi connectivity index (χ1) is 6.72. The first-order valence-electron chi connectivity index (χ1n) is 4.55. The summed E-state index contributed by atoms with van der Waals surface area (Å²) >= 11 is 4.20. The van der Waals surface area contributed by atoms with Crippen LogP contribution in [0.15, 0.2) is 12.1 Å². The second-order valence-corrected chi connectivity index (χ2v) is 3.55. The molecule has 0 spiro atoms. The lowest BCUT2D eigenvalue weighted by Crippen LogP contribution is -1.96. The third-order valence-electron chi connectivity index (χ3n) is 2.21. The van der Waals surface area contributed by atoms with Crippen LogP contribution in [0.4, 0.5) is 0 Å². The molecule has 0 saturated carbocycles. The summed E-state index contributed by atoms with van der Waals surface area (Å²) in [6.45, 7) is 1.99. The summed E-state index contributed by atoms with van der Waals surface area (Å²) in [6, 6.07) is 4.07. The molecule has 1 aromatic carbocycles. The number of methoxy groups -OCH3 is 2. The summed E-state index contributed by atoms with van der Waals surface area (Å²) in [5, 5.41) is 0. The van der Waals surface area contributed by atoms with Crippen molar-refractivity contribution >= 4 is 12.6 Å². The van der Waals surface area contributed by atoms with Crippen LogP contribution in [0.5, 0.6) is 11.5 Å². The Morgan fingerprint density at radius 3 is 2.00 bits per heavy atom. The standard InChI is InChI=1S/C11H16O2S/c1-8-10(12-2)6-9(4-5-14)7-11(8)13-3/h6-7,14H,4-5H2,1-3H3. The Balaban J connectivity index is 3.11. The van der Waals surface area contributed by atoms with Gasteiger partial charge in [-0.05, 0) is 36.8 Å². The number of ether oxygens (including phenoxy) is 2. The van der Waals surface area contributed by atoms with Crippen molar-refractivity contribution in [3.05, 3.63) is 23.3 Å². The second kappa shape index (κ2) is 5.15. The van der Waals surface area contributed by atoms with Gasteiger partial charge in [-0.2, -0.15) is 12.6 Å². The van der Waals surface area contributed by atoms with Crippen LogP contribution in [0.2, 0.25) is 0 Å². The van der Waals surface area contributed by atoms with Crippen molar-refractivity contribution in [2.24, 2.45) is 0 Å². The Kier molecular flexibility index (Phi) is 4.14. The van der Waals surface area contributed by atoms with Gasteiger partial charge in [0.1, 0.15) is 11.5 Å². The van der Waals surface area contributed by atoms with Gasteiger partial charge in [0, 0.05) is 5.56 Å². The topological polar surface area (TPSA) is 18.5 Å². The van der Waals surface area contributed by atoms with Crippen molar-refractivity contribution in [3.63, 3.8) is 0 Å². The van der Waals surface area contributed by atoms with Crippen molar-refractivity contribution in [3.8, 4) is 11.5 Å². The number of thiol groups is 1. The molecule has 0 aliphatic rings. The van der Waals surface area contributed by atoms with Crippen molar-refractivity contribution in [1.82, 2.24) is 0 Å². The molecule has 78 valence electrons. The van der Waals surface area contributed by atoms with Gasteiger partial charge in [0.25, 0.3) is 0 Å². The van der Waals surface area contributed by atoms with Crippen molar-refractivity contribution in [1.29, 1.82) is 0 Å². The first-order valence-corrected chi connectivity index (χ1v) is 5.18.